The van der Waals surface area contributed by atoms with E-state index in [0.717, 1.165) is 70.6 Å². The Hall–Kier alpha value is -2.03. The highest BCUT2D eigenvalue weighted by atomic mass is 31.2. The predicted octanol–water partition coefficient (Wildman–Crippen LogP) is 20.5. The SMILES string of the molecule is CCCCC/C=C\C/C=C\C/C=C\CCCCCCCCCCCCCCC(=O)OC(/C=C\CCCCCCCCCCCCC)C(COP(=O)(O)OCC[N+](C)(C)C)NC(=O)CCCCCCCCCCCCCCC. The van der Waals surface area contributed by atoms with Crippen LogP contribution in [0.25, 0.3) is 0 Å². The first-order valence-corrected chi connectivity index (χ1v) is 34.5. The average molecular weight is 1100 g/mol. The van der Waals surface area contributed by atoms with E-state index in [1.54, 1.807) is 0 Å². The van der Waals surface area contributed by atoms with Crippen molar-refractivity contribution in [2.24, 2.45) is 0 Å². The van der Waals surface area contributed by atoms with E-state index in [9.17, 15) is 19.0 Å². The first-order valence-electron chi connectivity index (χ1n) is 33.0. The lowest BCUT2D eigenvalue weighted by Crippen LogP contribution is -2.47. The summed E-state index contributed by atoms with van der Waals surface area (Å²) in [5.74, 6) is -0.494. The second-order valence-electron chi connectivity index (χ2n) is 23.6. The van der Waals surface area contributed by atoms with Gasteiger partial charge in [0.2, 0.25) is 5.91 Å². The summed E-state index contributed by atoms with van der Waals surface area (Å²) in [5.41, 5.74) is 0. The van der Waals surface area contributed by atoms with Crippen LogP contribution in [0.3, 0.4) is 0 Å². The second kappa shape index (κ2) is 57.2. The molecule has 0 aliphatic rings. The molecule has 0 aliphatic carbocycles. The van der Waals surface area contributed by atoms with Gasteiger partial charge in [-0.2, -0.15) is 0 Å². The molecule has 3 unspecified atom stereocenters. The molecule has 0 aromatic heterocycles. The molecule has 9 nitrogen and oxygen atoms in total. The van der Waals surface area contributed by atoms with Gasteiger partial charge >= 0.3 is 13.8 Å². The molecule has 2 N–H and O–H groups in total. The summed E-state index contributed by atoms with van der Waals surface area (Å²) >= 11 is 0. The zero-order valence-electron chi connectivity index (χ0n) is 51.7. The summed E-state index contributed by atoms with van der Waals surface area (Å²) in [7, 11) is 1.51. The van der Waals surface area contributed by atoms with Gasteiger partial charge in [-0.05, 0) is 70.3 Å². The number of amides is 1. The molecule has 0 radical (unpaired) electrons. The zero-order valence-corrected chi connectivity index (χ0v) is 52.6. The molecule has 0 rings (SSSR count). The Morgan fingerprint density at radius 3 is 1.21 bits per heavy atom. The van der Waals surface area contributed by atoms with Gasteiger partial charge in [-0.3, -0.25) is 18.6 Å². The average Bonchev–Trinajstić information content (AvgIpc) is 3.39. The lowest BCUT2D eigenvalue weighted by Gasteiger charge is -2.27. The molecule has 452 valence electrons. The lowest BCUT2D eigenvalue weighted by atomic mass is 10.0. The third-order valence-corrected chi connectivity index (χ3v) is 15.8. The van der Waals surface area contributed by atoms with Crippen molar-refractivity contribution in [1.82, 2.24) is 5.32 Å². The van der Waals surface area contributed by atoms with Gasteiger partial charge in [0.1, 0.15) is 19.3 Å². The van der Waals surface area contributed by atoms with Crippen LogP contribution < -0.4 is 5.32 Å². The molecular weight excluding hydrogens is 976 g/mol. The van der Waals surface area contributed by atoms with E-state index < -0.39 is 20.0 Å². The third kappa shape index (κ3) is 58.4. The third-order valence-electron chi connectivity index (χ3n) is 14.8. The number of unbranched alkanes of at least 4 members (excludes halogenated alkanes) is 38. The van der Waals surface area contributed by atoms with E-state index in [-0.39, 0.29) is 25.1 Å². The number of esters is 1. The van der Waals surface area contributed by atoms with Crippen LogP contribution in [0, 0.1) is 0 Å². The number of nitrogens with zero attached hydrogens (tertiary/aromatic N) is 1. The molecule has 1 amide bonds. The monoisotopic (exact) mass is 1100 g/mol. The maximum absolute atomic E-state index is 13.5. The highest BCUT2D eigenvalue weighted by molar-refractivity contribution is 7.47. The maximum atomic E-state index is 13.5. The van der Waals surface area contributed by atoms with Crippen LogP contribution in [-0.2, 0) is 27.9 Å². The van der Waals surface area contributed by atoms with Crippen molar-refractivity contribution in [2.45, 2.75) is 328 Å². The molecule has 0 aliphatic heterocycles. The molecule has 0 saturated heterocycles. The van der Waals surface area contributed by atoms with Crippen molar-refractivity contribution >= 4 is 19.7 Å². The topological polar surface area (TPSA) is 111 Å². The first kappa shape index (κ1) is 75.0. The number of likely N-dealkylation sites (N-methyl/N-ethyl adjacent to an activating group) is 1. The Morgan fingerprint density at radius 1 is 0.455 bits per heavy atom. The maximum Gasteiger partial charge on any atom is 0.472 e. The minimum absolute atomic E-state index is 0.0418. The molecule has 3 atom stereocenters. The van der Waals surface area contributed by atoms with Crippen molar-refractivity contribution < 1.29 is 37.3 Å². The van der Waals surface area contributed by atoms with E-state index in [1.165, 1.54) is 212 Å². The van der Waals surface area contributed by atoms with Gasteiger partial charge < -0.3 is 19.4 Å². The molecule has 10 heteroatoms. The van der Waals surface area contributed by atoms with Crippen molar-refractivity contribution in [3.05, 3.63) is 48.6 Å². The number of phosphoric acid groups is 1. The van der Waals surface area contributed by atoms with E-state index in [4.69, 9.17) is 13.8 Å². The van der Waals surface area contributed by atoms with Crippen molar-refractivity contribution in [3.8, 4) is 0 Å². The predicted molar refractivity (Wildman–Crippen MR) is 332 cm³/mol. The van der Waals surface area contributed by atoms with Gasteiger partial charge in [0.15, 0.2) is 0 Å². The Labute approximate surface area is 478 Å². The number of hydrogen-bond acceptors (Lipinski definition) is 6. The number of quaternary nitrogens is 1. The van der Waals surface area contributed by atoms with Gasteiger partial charge in [0.25, 0.3) is 0 Å². The van der Waals surface area contributed by atoms with Crippen LogP contribution in [0.15, 0.2) is 48.6 Å². The van der Waals surface area contributed by atoms with Crippen LogP contribution >= 0.6 is 7.82 Å². The standard InChI is InChI=1S/C67H127N2O7P/c1-7-10-13-16-19-22-25-28-29-30-31-32-33-34-35-36-37-38-39-42-45-48-51-54-57-60-67(71)76-65(58-55-52-49-46-43-40-26-23-20-17-14-11-8-2)64(63-75-77(72,73)74-62-61-69(4,5)6)68-66(70)59-56-53-50-47-44-41-27-24-21-18-15-12-9-3/h19,22,28-29,31-32,55,58,64-65H,7-18,20-21,23-27,30,33-54,56-57,59-63H2,1-6H3,(H-,68,70,72,73)/p+1/b22-19-,29-28-,32-31-,58-55-. The Morgan fingerprint density at radius 2 is 0.792 bits per heavy atom. The van der Waals surface area contributed by atoms with Crippen LogP contribution in [0.2, 0.25) is 0 Å². The van der Waals surface area contributed by atoms with Crippen LogP contribution in [0.4, 0.5) is 0 Å². The smallest absolute Gasteiger partial charge is 0.456 e. The summed E-state index contributed by atoms with van der Waals surface area (Å²) in [4.78, 5) is 37.7. The quantitative estimate of drug-likeness (QED) is 0.0205. The van der Waals surface area contributed by atoms with Crippen molar-refractivity contribution in [1.29, 1.82) is 0 Å². The number of carbonyl (C=O) groups excluding carboxylic acids is 2. The second-order valence-corrected chi connectivity index (χ2v) is 25.1. The fourth-order valence-electron chi connectivity index (χ4n) is 9.65. The number of rotatable bonds is 60. The van der Waals surface area contributed by atoms with Gasteiger partial charge in [-0.15, -0.1) is 0 Å². The summed E-state index contributed by atoms with van der Waals surface area (Å²) in [6.07, 6.45) is 71.1. The van der Waals surface area contributed by atoms with Crippen LogP contribution in [0.5, 0.6) is 0 Å². The molecule has 0 heterocycles. The minimum Gasteiger partial charge on any atom is -0.456 e. The molecule has 77 heavy (non-hydrogen) atoms. The zero-order chi connectivity index (χ0) is 56.4. The number of nitrogens with one attached hydrogen (secondary N) is 1. The van der Waals surface area contributed by atoms with Gasteiger partial charge in [-0.1, -0.05) is 282 Å². The number of ether oxygens (including phenoxy) is 1. The summed E-state index contributed by atoms with van der Waals surface area (Å²) < 4.78 is 30.7. The molecule has 0 bridgehead atoms. The molecule has 0 spiro atoms. The highest BCUT2D eigenvalue weighted by Gasteiger charge is 2.30. The summed E-state index contributed by atoms with van der Waals surface area (Å²) in [6.45, 7) is 7.02. The number of carbonyl (C=O) groups is 2. The fraction of sp³-hybridized carbons (Fsp3) is 0.851. The molecule has 0 aromatic rings. The van der Waals surface area contributed by atoms with E-state index in [1.807, 2.05) is 33.3 Å². The summed E-state index contributed by atoms with van der Waals surface area (Å²) in [5, 5.41) is 3.06. The van der Waals surface area contributed by atoms with Crippen molar-refractivity contribution in [3.63, 3.8) is 0 Å². The molecule has 0 fully saturated rings. The molecule has 0 saturated carbocycles. The van der Waals surface area contributed by atoms with E-state index in [2.05, 4.69) is 62.5 Å². The largest absolute Gasteiger partial charge is 0.472 e. The van der Waals surface area contributed by atoms with Gasteiger partial charge in [0, 0.05) is 12.8 Å². The number of phosphoric ester groups is 1. The number of hydrogen-bond donors (Lipinski definition) is 2. The normalized spacial score (nSPS) is 13.9. The molecule has 0 aromatic carbocycles. The first-order chi connectivity index (χ1) is 37.4. The van der Waals surface area contributed by atoms with Gasteiger partial charge in [-0.25, -0.2) is 4.57 Å². The Balaban J connectivity index is 5.10. The van der Waals surface area contributed by atoms with Crippen molar-refractivity contribution in [2.75, 3.05) is 40.9 Å². The molecular formula is C67H128N2O7P+. The van der Waals surface area contributed by atoms with Crippen LogP contribution in [-0.4, -0.2) is 74.3 Å². The number of allylic oxidation sites excluding steroid dienone is 7. The van der Waals surface area contributed by atoms with Gasteiger partial charge in [0.05, 0.1) is 33.8 Å². The fourth-order valence-corrected chi connectivity index (χ4v) is 10.4. The summed E-state index contributed by atoms with van der Waals surface area (Å²) in [6, 6.07) is -0.845. The van der Waals surface area contributed by atoms with E-state index in [0.29, 0.717) is 23.9 Å². The van der Waals surface area contributed by atoms with Crippen LogP contribution in [0.1, 0.15) is 316 Å². The minimum atomic E-state index is -4.45. The Kier molecular flexibility index (Phi) is 55.7. The highest BCUT2D eigenvalue weighted by Crippen LogP contribution is 2.43. The Bertz CT molecular complexity index is 1460. The van der Waals surface area contributed by atoms with E-state index >= 15 is 0 Å². The lowest BCUT2D eigenvalue weighted by molar-refractivity contribution is -0.870.